The quantitative estimate of drug-likeness (QED) is 0.572. The first-order valence-corrected chi connectivity index (χ1v) is 6.35. The Morgan fingerprint density at radius 3 is 2.45 bits per heavy atom. The van der Waals surface area contributed by atoms with Crippen molar-refractivity contribution < 1.29 is 5.11 Å². The van der Waals surface area contributed by atoms with E-state index >= 15 is 0 Å². The summed E-state index contributed by atoms with van der Waals surface area (Å²) in [6.07, 6.45) is 0. The maximum Gasteiger partial charge on any atom is 0.238 e. The summed E-state index contributed by atoms with van der Waals surface area (Å²) in [5.74, 6) is 0.646. The van der Waals surface area contributed by atoms with Crippen LogP contribution in [-0.4, -0.2) is 19.5 Å². The molecule has 2 aromatic carbocycles. The van der Waals surface area contributed by atoms with Crippen molar-refractivity contribution in [3.8, 4) is 17.1 Å². The van der Waals surface area contributed by atoms with Crippen LogP contribution in [0, 0.1) is 0 Å². The van der Waals surface area contributed by atoms with E-state index in [0.717, 1.165) is 16.6 Å². The zero-order valence-electron chi connectivity index (χ0n) is 10.6. The Bertz CT molecular complexity index is 913. The summed E-state index contributed by atoms with van der Waals surface area (Å²) in [5, 5.41) is 10.3. The van der Waals surface area contributed by atoms with Crippen molar-refractivity contribution in [2.24, 2.45) is 0 Å². The Morgan fingerprint density at radius 1 is 0.850 bits per heavy atom. The monoisotopic (exact) mass is 261 g/mol. The number of aromatic nitrogens is 3. The van der Waals surface area contributed by atoms with Gasteiger partial charge in [-0.15, -0.1) is 0 Å². The highest BCUT2D eigenvalue weighted by molar-refractivity contribution is 5.81. The summed E-state index contributed by atoms with van der Waals surface area (Å²) >= 11 is 0. The number of benzene rings is 2. The van der Waals surface area contributed by atoms with E-state index in [9.17, 15) is 5.11 Å². The smallest absolute Gasteiger partial charge is 0.238 e. The van der Waals surface area contributed by atoms with Gasteiger partial charge >= 0.3 is 0 Å². The second-order valence-corrected chi connectivity index (χ2v) is 4.60. The van der Waals surface area contributed by atoms with E-state index in [1.54, 1.807) is 10.5 Å². The van der Waals surface area contributed by atoms with Crippen molar-refractivity contribution in [1.82, 2.24) is 14.4 Å². The van der Waals surface area contributed by atoms with Crippen LogP contribution >= 0.6 is 0 Å². The number of para-hydroxylation sites is 2. The number of hydrogen-bond donors (Lipinski definition) is 1. The van der Waals surface area contributed by atoms with Gasteiger partial charge in [0.05, 0.1) is 16.7 Å². The molecule has 4 aromatic rings. The van der Waals surface area contributed by atoms with E-state index in [0.29, 0.717) is 11.5 Å². The Balaban J connectivity index is 2.06. The molecule has 4 nitrogen and oxygen atoms in total. The minimum Gasteiger partial charge on any atom is -0.494 e. The van der Waals surface area contributed by atoms with Crippen LogP contribution in [-0.2, 0) is 0 Å². The van der Waals surface area contributed by atoms with Crippen LogP contribution in [0.3, 0.4) is 0 Å². The van der Waals surface area contributed by atoms with Gasteiger partial charge in [-0.05, 0) is 12.1 Å². The summed E-state index contributed by atoms with van der Waals surface area (Å²) in [6.45, 7) is 0. The lowest BCUT2D eigenvalue weighted by atomic mass is 10.1. The SMILES string of the molecule is Oc1cc(-c2ccccc2)nc2nc3ccccc3n12. The summed E-state index contributed by atoms with van der Waals surface area (Å²) in [6, 6.07) is 19.1. The van der Waals surface area contributed by atoms with Gasteiger partial charge in [0.1, 0.15) is 0 Å². The summed E-state index contributed by atoms with van der Waals surface area (Å²) < 4.78 is 1.65. The fraction of sp³-hybridized carbons (Fsp3) is 0. The Hall–Kier alpha value is -2.88. The molecular weight excluding hydrogens is 250 g/mol. The molecule has 4 rings (SSSR count). The van der Waals surface area contributed by atoms with E-state index in [-0.39, 0.29) is 5.88 Å². The first kappa shape index (κ1) is 11.0. The summed E-state index contributed by atoms with van der Waals surface area (Å²) in [4.78, 5) is 8.99. The summed E-state index contributed by atoms with van der Waals surface area (Å²) in [7, 11) is 0. The molecule has 20 heavy (non-hydrogen) atoms. The highest BCUT2D eigenvalue weighted by Gasteiger charge is 2.11. The molecule has 1 N–H and O–H groups in total. The van der Waals surface area contributed by atoms with E-state index < -0.39 is 0 Å². The first-order valence-electron chi connectivity index (χ1n) is 6.35. The molecule has 0 bridgehead atoms. The average molecular weight is 261 g/mol. The van der Waals surface area contributed by atoms with Crippen molar-refractivity contribution in [2.45, 2.75) is 0 Å². The minimum absolute atomic E-state index is 0.141. The van der Waals surface area contributed by atoms with Gasteiger partial charge in [-0.25, -0.2) is 14.4 Å². The van der Waals surface area contributed by atoms with Gasteiger partial charge in [0.25, 0.3) is 0 Å². The molecule has 2 aromatic heterocycles. The maximum absolute atomic E-state index is 10.3. The van der Waals surface area contributed by atoms with E-state index in [1.807, 2.05) is 54.6 Å². The van der Waals surface area contributed by atoms with Gasteiger partial charge in [-0.3, -0.25) is 0 Å². The topological polar surface area (TPSA) is 50.4 Å². The Morgan fingerprint density at radius 2 is 1.60 bits per heavy atom. The highest BCUT2D eigenvalue weighted by Crippen LogP contribution is 2.26. The lowest BCUT2D eigenvalue weighted by molar-refractivity contribution is 0.447. The van der Waals surface area contributed by atoms with Gasteiger partial charge in [0, 0.05) is 11.6 Å². The molecule has 0 atom stereocenters. The van der Waals surface area contributed by atoms with Gasteiger partial charge in [-0.2, -0.15) is 0 Å². The molecule has 0 aliphatic carbocycles. The van der Waals surface area contributed by atoms with Gasteiger partial charge in [0.2, 0.25) is 11.7 Å². The number of rotatable bonds is 1. The van der Waals surface area contributed by atoms with Gasteiger partial charge in [0.15, 0.2) is 0 Å². The molecule has 0 aliphatic rings. The molecule has 2 heterocycles. The van der Waals surface area contributed by atoms with Gasteiger partial charge < -0.3 is 5.11 Å². The second kappa shape index (κ2) is 4.06. The third-order valence-electron chi connectivity index (χ3n) is 3.33. The van der Waals surface area contributed by atoms with E-state index in [1.165, 1.54) is 0 Å². The van der Waals surface area contributed by atoms with Crippen LogP contribution in [0.25, 0.3) is 28.1 Å². The lowest BCUT2D eigenvalue weighted by Gasteiger charge is -2.04. The van der Waals surface area contributed by atoms with Crippen LogP contribution in [0.2, 0.25) is 0 Å². The lowest BCUT2D eigenvalue weighted by Crippen LogP contribution is -1.92. The third kappa shape index (κ3) is 1.55. The molecule has 0 unspecified atom stereocenters. The van der Waals surface area contributed by atoms with Crippen molar-refractivity contribution in [3.63, 3.8) is 0 Å². The second-order valence-electron chi connectivity index (χ2n) is 4.60. The number of hydrogen-bond acceptors (Lipinski definition) is 3. The molecule has 0 aliphatic heterocycles. The van der Waals surface area contributed by atoms with Crippen molar-refractivity contribution >= 4 is 16.8 Å². The number of imidazole rings is 1. The minimum atomic E-state index is 0.141. The molecule has 0 saturated carbocycles. The maximum atomic E-state index is 10.3. The van der Waals surface area contributed by atoms with Crippen LogP contribution in [0.1, 0.15) is 0 Å². The predicted molar refractivity (Wildman–Crippen MR) is 77.6 cm³/mol. The largest absolute Gasteiger partial charge is 0.494 e. The zero-order valence-corrected chi connectivity index (χ0v) is 10.6. The van der Waals surface area contributed by atoms with Gasteiger partial charge in [-0.1, -0.05) is 42.5 Å². The Labute approximate surface area is 115 Å². The molecule has 0 amide bonds. The van der Waals surface area contributed by atoms with Crippen LogP contribution in [0.4, 0.5) is 0 Å². The highest BCUT2D eigenvalue weighted by atomic mass is 16.3. The van der Waals surface area contributed by atoms with Crippen molar-refractivity contribution in [3.05, 3.63) is 60.7 Å². The summed E-state index contributed by atoms with van der Waals surface area (Å²) in [5.41, 5.74) is 3.34. The predicted octanol–water partition coefficient (Wildman–Crippen LogP) is 3.26. The zero-order chi connectivity index (χ0) is 13.5. The molecule has 0 fully saturated rings. The standard InChI is InChI=1S/C16H11N3O/c20-15-10-13(11-6-2-1-3-7-11)18-16-17-12-8-4-5-9-14(12)19(15)16/h1-10,20H. The van der Waals surface area contributed by atoms with Crippen molar-refractivity contribution in [1.29, 1.82) is 0 Å². The third-order valence-corrected chi connectivity index (χ3v) is 3.33. The molecule has 0 radical (unpaired) electrons. The molecule has 0 saturated heterocycles. The van der Waals surface area contributed by atoms with Crippen LogP contribution < -0.4 is 0 Å². The van der Waals surface area contributed by atoms with Crippen molar-refractivity contribution in [2.75, 3.05) is 0 Å². The fourth-order valence-electron chi connectivity index (χ4n) is 2.40. The van der Waals surface area contributed by atoms with E-state index in [4.69, 9.17) is 0 Å². The number of fused-ring (bicyclic) bond motifs is 3. The fourth-order valence-corrected chi connectivity index (χ4v) is 2.40. The first-order chi connectivity index (χ1) is 9.83. The molecular formula is C16H11N3O. The van der Waals surface area contributed by atoms with E-state index in [2.05, 4.69) is 9.97 Å². The number of nitrogens with zero attached hydrogens (tertiary/aromatic N) is 3. The molecule has 96 valence electrons. The molecule has 0 spiro atoms. The molecule has 4 heteroatoms. The normalized spacial score (nSPS) is 11.2. The van der Waals surface area contributed by atoms with Crippen LogP contribution in [0.15, 0.2) is 60.7 Å². The van der Waals surface area contributed by atoms with Crippen LogP contribution in [0.5, 0.6) is 5.88 Å². The number of aromatic hydroxyl groups is 1. The Kier molecular flexibility index (Phi) is 2.23. The average Bonchev–Trinajstić information content (AvgIpc) is 2.87.